The molecule has 1 fully saturated rings. The van der Waals surface area contributed by atoms with Crippen LogP contribution in [0.1, 0.15) is 51.7 Å². The monoisotopic (exact) mass is 552 g/mol. The van der Waals surface area contributed by atoms with E-state index in [2.05, 4.69) is 15.8 Å². The fraction of sp³-hybridized carbons (Fsp3) is 0.321. The smallest absolute Gasteiger partial charge is 0.265 e. The average Bonchev–Trinajstić information content (AvgIpc) is 3.34. The number of anilines is 1. The first kappa shape index (κ1) is 27.7. The Morgan fingerprint density at radius 1 is 0.974 bits per heavy atom. The highest BCUT2D eigenvalue weighted by atomic mass is 32.2. The number of thiophene rings is 1. The quantitative estimate of drug-likeness (QED) is 0.322. The molecule has 2 N–H and O–H groups in total. The van der Waals surface area contributed by atoms with Gasteiger partial charge in [0.15, 0.2) is 0 Å². The largest absolute Gasteiger partial charge is 0.321 e. The van der Waals surface area contributed by atoms with Crippen molar-refractivity contribution in [2.45, 2.75) is 45.4 Å². The van der Waals surface area contributed by atoms with Crippen LogP contribution in [0.15, 0.2) is 63.9 Å². The number of piperidine rings is 1. The molecule has 38 heavy (non-hydrogen) atoms. The fourth-order valence-electron chi connectivity index (χ4n) is 4.37. The molecule has 3 aromatic rings. The van der Waals surface area contributed by atoms with Gasteiger partial charge in [-0.3, -0.25) is 9.59 Å². The van der Waals surface area contributed by atoms with Crippen molar-refractivity contribution < 1.29 is 18.0 Å². The van der Waals surface area contributed by atoms with Crippen molar-refractivity contribution in [2.24, 2.45) is 11.0 Å². The summed E-state index contributed by atoms with van der Waals surface area (Å²) in [6.07, 6.45) is 0.866. The van der Waals surface area contributed by atoms with Crippen LogP contribution < -0.4 is 10.7 Å². The first-order chi connectivity index (χ1) is 18.1. The van der Waals surface area contributed by atoms with Crippen LogP contribution in [0.25, 0.3) is 0 Å². The topological polar surface area (TPSA) is 108 Å². The van der Waals surface area contributed by atoms with E-state index in [0.29, 0.717) is 39.6 Å². The lowest BCUT2D eigenvalue weighted by Gasteiger charge is -2.30. The molecule has 4 rings (SSSR count). The molecule has 1 aliphatic rings. The third kappa shape index (κ3) is 6.20. The molecule has 0 unspecified atom stereocenters. The minimum absolute atomic E-state index is 0.143. The minimum atomic E-state index is -3.60. The molecule has 2 amide bonds. The van der Waals surface area contributed by atoms with E-state index in [1.54, 1.807) is 32.0 Å². The Hall–Kier alpha value is -3.34. The van der Waals surface area contributed by atoms with Gasteiger partial charge in [0.05, 0.1) is 15.5 Å². The van der Waals surface area contributed by atoms with E-state index < -0.39 is 10.0 Å². The Labute approximate surface area is 227 Å². The number of hydrazone groups is 1. The van der Waals surface area contributed by atoms with Gasteiger partial charge in [-0.05, 0) is 92.4 Å². The van der Waals surface area contributed by atoms with Crippen molar-refractivity contribution in [3.8, 4) is 0 Å². The maximum Gasteiger partial charge on any atom is 0.265 e. The van der Waals surface area contributed by atoms with Crippen molar-refractivity contribution in [1.82, 2.24) is 9.73 Å². The number of nitrogens with one attached hydrogen (secondary N) is 2. The number of hydrogen-bond acceptors (Lipinski definition) is 6. The third-order valence-electron chi connectivity index (χ3n) is 6.75. The van der Waals surface area contributed by atoms with Crippen LogP contribution in [0.3, 0.4) is 0 Å². The Morgan fingerprint density at radius 2 is 1.66 bits per heavy atom. The molecule has 2 aromatic carbocycles. The standard InChI is InChI=1S/C28H32N4O4S2/c1-18-5-6-19(2)25(17-18)38(35,36)32-14-11-23(12-15-32)27(33)31-30-21(4)22-7-9-24(10-8-22)29-28(34)26-20(3)13-16-37-26/h5-10,13,16-17,23H,11-12,14-15H2,1-4H3,(H,29,34)(H,31,33)/b30-21+. The van der Waals surface area contributed by atoms with Crippen LogP contribution in [-0.4, -0.2) is 43.3 Å². The molecule has 0 aliphatic carbocycles. The Balaban J connectivity index is 1.31. The molecule has 0 bridgehead atoms. The number of benzene rings is 2. The van der Waals surface area contributed by atoms with E-state index in [9.17, 15) is 18.0 Å². The number of sulfonamides is 1. The number of rotatable bonds is 7. The van der Waals surface area contributed by atoms with E-state index in [4.69, 9.17) is 0 Å². The first-order valence-corrected chi connectivity index (χ1v) is 14.8. The molecule has 8 nitrogen and oxygen atoms in total. The van der Waals surface area contributed by atoms with E-state index in [0.717, 1.165) is 16.7 Å². The van der Waals surface area contributed by atoms with Crippen LogP contribution >= 0.6 is 11.3 Å². The van der Waals surface area contributed by atoms with Crippen LogP contribution in [0.4, 0.5) is 5.69 Å². The summed E-state index contributed by atoms with van der Waals surface area (Å²) < 4.78 is 27.8. The summed E-state index contributed by atoms with van der Waals surface area (Å²) in [5, 5.41) is 9.03. The number of carbonyl (C=O) groups is 2. The number of aryl methyl sites for hydroxylation is 3. The molecule has 0 atom stereocenters. The Bertz CT molecular complexity index is 1470. The average molecular weight is 553 g/mol. The highest BCUT2D eigenvalue weighted by Crippen LogP contribution is 2.26. The lowest BCUT2D eigenvalue weighted by molar-refractivity contribution is -0.126. The van der Waals surface area contributed by atoms with Gasteiger partial charge in [-0.25, -0.2) is 13.8 Å². The van der Waals surface area contributed by atoms with Gasteiger partial charge in [0.25, 0.3) is 5.91 Å². The molecule has 1 aromatic heterocycles. The van der Waals surface area contributed by atoms with Gasteiger partial charge in [0.2, 0.25) is 15.9 Å². The maximum atomic E-state index is 13.1. The zero-order valence-corrected chi connectivity index (χ0v) is 23.6. The van der Waals surface area contributed by atoms with Gasteiger partial charge in [-0.2, -0.15) is 9.41 Å². The highest BCUT2D eigenvalue weighted by molar-refractivity contribution is 7.89. The van der Waals surface area contributed by atoms with E-state index in [-0.39, 0.29) is 30.8 Å². The summed E-state index contributed by atoms with van der Waals surface area (Å²) in [6, 6.07) is 14.6. The SMILES string of the molecule is C/C(=N\NC(=O)C1CCN(S(=O)(=O)c2cc(C)ccc2C)CC1)c1ccc(NC(=O)c2sccc2C)cc1. The van der Waals surface area contributed by atoms with Gasteiger partial charge in [0.1, 0.15) is 0 Å². The number of nitrogens with zero attached hydrogens (tertiary/aromatic N) is 2. The Morgan fingerprint density at radius 3 is 2.29 bits per heavy atom. The van der Waals surface area contributed by atoms with Crippen molar-refractivity contribution in [3.63, 3.8) is 0 Å². The molecule has 200 valence electrons. The lowest BCUT2D eigenvalue weighted by atomic mass is 9.98. The summed E-state index contributed by atoms with van der Waals surface area (Å²) in [5.74, 6) is -0.672. The zero-order valence-electron chi connectivity index (χ0n) is 21.9. The van der Waals surface area contributed by atoms with Crippen molar-refractivity contribution >= 4 is 44.6 Å². The van der Waals surface area contributed by atoms with E-state index >= 15 is 0 Å². The second-order valence-electron chi connectivity index (χ2n) is 9.58. The number of carbonyl (C=O) groups excluding carboxylic acids is 2. The molecule has 1 aliphatic heterocycles. The zero-order chi connectivity index (χ0) is 27.4. The predicted octanol–water partition coefficient (Wildman–Crippen LogP) is 4.87. The number of amides is 2. The first-order valence-electron chi connectivity index (χ1n) is 12.4. The molecular formula is C28H32N4O4S2. The summed E-state index contributed by atoms with van der Waals surface area (Å²) in [5.41, 5.74) is 7.29. The maximum absolute atomic E-state index is 13.1. The summed E-state index contributed by atoms with van der Waals surface area (Å²) in [7, 11) is -3.60. The molecule has 0 spiro atoms. The molecular weight excluding hydrogens is 520 g/mol. The predicted molar refractivity (Wildman–Crippen MR) is 151 cm³/mol. The second kappa shape index (κ2) is 11.6. The normalized spacial score (nSPS) is 15.3. The van der Waals surface area contributed by atoms with Crippen LogP contribution in [0.5, 0.6) is 0 Å². The van der Waals surface area contributed by atoms with Crippen molar-refractivity contribution in [1.29, 1.82) is 0 Å². The minimum Gasteiger partial charge on any atom is -0.321 e. The van der Waals surface area contributed by atoms with Gasteiger partial charge in [-0.1, -0.05) is 24.3 Å². The highest BCUT2D eigenvalue weighted by Gasteiger charge is 2.33. The Kier molecular flexibility index (Phi) is 8.44. The van der Waals surface area contributed by atoms with E-state index in [1.807, 2.05) is 49.6 Å². The van der Waals surface area contributed by atoms with Gasteiger partial charge >= 0.3 is 0 Å². The molecule has 1 saturated heterocycles. The second-order valence-corrected chi connectivity index (χ2v) is 12.4. The van der Waals surface area contributed by atoms with Crippen molar-refractivity contribution in [2.75, 3.05) is 18.4 Å². The van der Waals surface area contributed by atoms with Crippen molar-refractivity contribution in [3.05, 3.63) is 81.0 Å². The van der Waals surface area contributed by atoms with Crippen LogP contribution in [-0.2, 0) is 14.8 Å². The van der Waals surface area contributed by atoms with Gasteiger partial charge in [0, 0.05) is 24.7 Å². The van der Waals surface area contributed by atoms with E-state index in [1.165, 1.54) is 15.6 Å². The summed E-state index contributed by atoms with van der Waals surface area (Å²) in [6.45, 7) is 7.94. The fourth-order valence-corrected chi connectivity index (χ4v) is 6.97. The lowest BCUT2D eigenvalue weighted by Crippen LogP contribution is -2.42. The summed E-state index contributed by atoms with van der Waals surface area (Å²) >= 11 is 1.40. The molecule has 0 radical (unpaired) electrons. The molecule has 0 saturated carbocycles. The molecule has 10 heteroatoms. The van der Waals surface area contributed by atoms with Gasteiger partial charge in [-0.15, -0.1) is 11.3 Å². The van der Waals surface area contributed by atoms with Crippen LogP contribution in [0, 0.1) is 26.7 Å². The molecule has 2 heterocycles. The third-order valence-corrected chi connectivity index (χ3v) is 9.80. The van der Waals surface area contributed by atoms with Gasteiger partial charge < -0.3 is 5.32 Å². The summed E-state index contributed by atoms with van der Waals surface area (Å²) in [4.78, 5) is 26.2. The number of hydrogen-bond donors (Lipinski definition) is 2. The van der Waals surface area contributed by atoms with Crippen LogP contribution in [0.2, 0.25) is 0 Å².